The van der Waals surface area contributed by atoms with E-state index in [1.165, 1.54) is 38.5 Å². The minimum absolute atomic E-state index is 0.0547. The van der Waals surface area contributed by atoms with E-state index in [1.807, 2.05) is 0 Å². The fourth-order valence-electron chi connectivity index (χ4n) is 4.84. The van der Waals surface area contributed by atoms with E-state index in [0.717, 1.165) is 6.07 Å². The molecule has 2 N–H and O–H groups in total. The summed E-state index contributed by atoms with van der Waals surface area (Å²) in [6, 6.07) is 5.45. The number of aromatic hydroxyl groups is 1. The molecule has 8 nitrogen and oxygen atoms in total. The molecule has 1 aliphatic heterocycles. The number of halogens is 4. The molecule has 5 rings (SSSR count). The molecule has 0 aliphatic carbocycles. The van der Waals surface area contributed by atoms with Crippen LogP contribution in [0.5, 0.6) is 23.0 Å². The zero-order valence-electron chi connectivity index (χ0n) is 19.9. The average Bonchev–Trinajstić information content (AvgIpc) is 3.49. The Morgan fingerprint density at radius 1 is 1.14 bits per heavy atom. The fraction of sp³-hybridized carbons (Fsp3) is 0.280. The second-order valence-electron chi connectivity index (χ2n) is 8.50. The van der Waals surface area contributed by atoms with Crippen LogP contribution in [0.3, 0.4) is 0 Å². The lowest BCUT2D eigenvalue weighted by Gasteiger charge is -2.19. The van der Waals surface area contributed by atoms with Crippen LogP contribution in [-0.2, 0) is 6.18 Å². The van der Waals surface area contributed by atoms with Crippen LogP contribution < -0.4 is 19.1 Å². The Morgan fingerprint density at radius 3 is 2.49 bits per heavy atom. The largest absolute Gasteiger partial charge is 0.506 e. The molecule has 2 aromatic carbocycles. The first-order valence-corrected chi connectivity index (χ1v) is 11.6. The number of benzene rings is 2. The van der Waals surface area contributed by atoms with Crippen LogP contribution in [0.4, 0.5) is 18.9 Å². The van der Waals surface area contributed by atoms with Gasteiger partial charge in [-0.05, 0) is 23.8 Å². The van der Waals surface area contributed by atoms with Gasteiger partial charge in [0.15, 0.2) is 11.5 Å². The molecule has 0 saturated carbocycles. The molecule has 37 heavy (non-hydrogen) atoms. The Morgan fingerprint density at radius 2 is 1.86 bits per heavy atom. The van der Waals surface area contributed by atoms with E-state index in [-0.39, 0.29) is 34.7 Å². The molecule has 1 aliphatic rings. The number of hydrogen-bond donors (Lipinski definition) is 2. The molecule has 4 aromatic rings. The first-order chi connectivity index (χ1) is 17.6. The van der Waals surface area contributed by atoms with Crippen LogP contribution in [0.25, 0.3) is 21.7 Å². The number of rotatable bonds is 5. The Bertz CT molecular complexity index is 1550. The maximum Gasteiger partial charge on any atom is 0.431 e. The van der Waals surface area contributed by atoms with Crippen LogP contribution >= 0.6 is 11.6 Å². The van der Waals surface area contributed by atoms with Gasteiger partial charge >= 0.3 is 6.18 Å². The van der Waals surface area contributed by atoms with Gasteiger partial charge in [0.05, 0.1) is 32.5 Å². The van der Waals surface area contributed by atoms with Gasteiger partial charge in [-0.2, -0.15) is 13.2 Å². The van der Waals surface area contributed by atoms with Crippen molar-refractivity contribution in [3.05, 3.63) is 47.4 Å². The monoisotopic (exact) mass is 535 g/mol. The standard InChI is InChI=1S/C25H21ClF3N3O5/c1-35-18-4-11-9-30-15(5-13(11)22(36-2)23(18)37-3)24(34)32-10-12(8-26)20-14-6-19(25(27,28)29)31-21(14)17(33)7-16(20)32/h4-7,9,12,31,33H,8,10H2,1-3H3/t12-/m1/s1. The average molecular weight is 536 g/mol. The zero-order valence-corrected chi connectivity index (χ0v) is 20.6. The number of ether oxygens (including phenoxy) is 3. The lowest BCUT2D eigenvalue weighted by Crippen LogP contribution is -2.30. The number of nitrogens with zero attached hydrogens (tertiary/aromatic N) is 2. The maximum absolute atomic E-state index is 13.7. The number of phenolic OH excluding ortho intramolecular Hbond substituents is 1. The number of amides is 1. The van der Waals surface area contributed by atoms with Crippen molar-refractivity contribution in [1.29, 1.82) is 0 Å². The summed E-state index contributed by atoms with van der Waals surface area (Å²) in [6.07, 6.45) is -3.15. The summed E-state index contributed by atoms with van der Waals surface area (Å²) in [5, 5.41) is 11.9. The van der Waals surface area contributed by atoms with E-state index in [4.69, 9.17) is 25.8 Å². The minimum Gasteiger partial charge on any atom is -0.506 e. The van der Waals surface area contributed by atoms with Gasteiger partial charge < -0.3 is 29.2 Å². The predicted octanol–water partition coefficient (Wildman–Crippen LogP) is 5.45. The summed E-state index contributed by atoms with van der Waals surface area (Å²) >= 11 is 6.18. The van der Waals surface area contributed by atoms with E-state index in [0.29, 0.717) is 33.6 Å². The fourth-order valence-corrected chi connectivity index (χ4v) is 5.09. The van der Waals surface area contributed by atoms with Crippen molar-refractivity contribution in [3.63, 3.8) is 0 Å². The molecular weight excluding hydrogens is 515 g/mol. The van der Waals surface area contributed by atoms with E-state index in [9.17, 15) is 23.1 Å². The highest BCUT2D eigenvalue weighted by molar-refractivity contribution is 6.19. The third-order valence-corrected chi connectivity index (χ3v) is 6.87. The number of carbonyl (C=O) groups is 1. The number of pyridine rings is 1. The maximum atomic E-state index is 13.7. The first kappa shape index (κ1) is 24.8. The van der Waals surface area contributed by atoms with Crippen molar-refractivity contribution >= 4 is 44.9 Å². The van der Waals surface area contributed by atoms with Crippen molar-refractivity contribution < 1.29 is 37.3 Å². The number of carbonyl (C=O) groups excluding carboxylic acids is 1. The topological polar surface area (TPSA) is 96.9 Å². The normalized spacial score (nSPS) is 15.3. The third-order valence-electron chi connectivity index (χ3n) is 6.50. The highest BCUT2D eigenvalue weighted by atomic mass is 35.5. The van der Waals surface area contributed by atoms with Crippen molar-refractivity contribution in [2.75, 3.05) is 38.7 Å². The number of methoxy groups -OCH3 is 3. The summed E-state index contributed by atoms with van der Waals surface area (Å²) in [5.74, 6) is -0.217. The second-order valence-corrected chi connectivity index (χ2v) is 8.81. The smallest absolute Gasteiger partial charge is 0.431 e. The van der Waals surface area contributed by atoms with E-state index >= 15 is 0 Å². The molecule has 0 saturated heterocycles. The van der Waals surface area contributed by atoms with Gasteiger partial charge in [-0.15, -0.1) is 11.6 Å². The van der Waals surface area contributed by atoms with Crippen molar-refractivity contribution in [3.8, 4) is 23.0 Å². The number of aromatic amines is 1. The van der Waals surface area contributed by atoms with Crippen LogP contribution in [0.1, 0.15) is 27.7 Å². The third kappa shape index (κ3) is 3.85. The number of alkyl halides is 4. The number of anilines is 1. The Labute approximate surface area is 213 Å². The summed E-state index contributed by atoms with van der Waals surface area (Å²) in [7, 11) is 4.41. The lowest BCUT2D eigenvalue weighted by molar-refractivity contribution is -0.140. The number of nitrogens with one attached hydrogen (secondary N) is 1. The predicted molar refractivity (Wildman–Crippen MR) is 132 cm³/mol. The number of fused-ring (bicyclic) bond motifs is 4. The van der Waals surface area contributed by atoms with Gasteiger partial charge in [0.2, 0.25) is 5.75 Å². The quantitative estimate of drug-likeness (QED) is 0.330. The highest BCUT2D eigenvalue weighted by Crippen LogP contribution is 2.48. The van der Waals surface area contributed by atoms with E-state index < -0.39 is 29.4 Å². The molecule has 1 amide bonds. The molecule has 3 heterocycles. The van der Waals surface area contributed by atoms with E-state index in [2.05, 4.69) is 9.97 Å². The number of aromatic nitrogens is 2. The molecule has 0 radical (unpaired) electrons. The molecule has 2 aromatic heterocycles. The molecule has 0 spiro atoms. The second kappa shape index (κ2) is 8.91. The minimum atomic E-state index is -4.64. The van der Waals surface area contributed by atoms with Crippen molar-refractivity contribution in [2.24, 2.45) is 0 Å². The van der Waals surface area contributed by atoms with Gasteiger partial charge in [0.25, 0.3) is 5.91 Å². The molecule has 0 unspecified atom stereocenters. The number of phenols is 1. The molecule has 1 atom stereocenters. The van der Waals surface area contributed by atoms with E-state index in [1.54, 1.807) is 12.1 Å². The van der Waals surface area contributed by atoms with Crippen LogP contribution in [0, 0.1) is 0 Å². The summed E-state index contributed by atoms with van der Waals surface area (Å²) < 4.78 is 56.4. The number of hydrogen-bond acceptors (Lipinski definition) is 6. The SMILES string of the molecule is COc1cc2cnc(C(=O)N3C[C@@H](CCl)c4c3cc(O)c3[nH]c(C(F)(F)F)cc43)cc2c(OC)c1OC. The molecular formula is C25H21ClF3N3O5. The summed E-state index contributed by atoms with van der Waals surface area (Å²) in [4.78, 5) is 21.6. The zero-order chi connectivity index (χ0) is 26.6. The Balaban J connectivity index is 1.64. The molecule has 12 heteroatoms. The van der Waals surface area contributed by atoms with Gasteiger partial charge in [-0.3, -0.25) is 9.78 Å². The summed E-state index contributed by atoms with van der Waals surface area (Å²) in [5.41, 5.74) is -0.284. The molecule has 0 fully saturated rings. The van der Waals surface area contributed by atoms with Gasteiger partial charge in [-0.1, -0.05) is 0 Å². The molecule has 194 valence electrons. The molecule has 0 bridgehead atoms. The van der Waals surface area contributed by atoms with Crippen LogP contribution in [0.2, 0.25) is 0 Å². The van der Waals surface area contributed by atoms with Crippen LogP contribution in [-0.4, -0.2) is 54.7 Å². The van der Waals surface area contributed by atoms with Crippen LogP contribution in [0.15, 0.2) is 30.5 Å². The van der Waals surface area contributed by atoms with Crippen molar-refractivity contribution in [1.82, 2.24) is 9.97 Å². The van der Waals surface area contributed by atoms with Crippen molar-refractivity contribution in [2.45, 2.75) is 12.1 Å². The van der Waals surface area contributed by atoms with Gasteiger partial charge in [-0.25, -0.2) is 0 Å². The highest BCUT2D eigenvalue weighted by Gasteiger charge is 2.39. The summed E-state index contributed by atoms with van der Waals surface area (Å²) in [6.45, 7) is 0.103. The van der Waals surface area contributed by atoms with Gasteiger partial charge in [0.1, 0.15) is 17.1 Å². The lowest BCUT2D eigenvalue weighted by atomic mass is 9.98. The first-order valence-electron chi connectivity index (χ1n) is 11.0. The Hall–Kier alpha value is -3.86. The van der Waals surface area contributed by atoms with Gasteiger partial charge in [0, 0.05) is 46.8 Å². The Kier molecular flexibility index (Phi) is 5.98. The number of H-pyrrole nitrogens is 1.